The van der Waals surface area contributed by atoms with Crippen molar-refractivity contribution in [2.45, 2.75) is 58.9 Å². The Hall–Kier alpha value is -2.54. The van der Waals surface area contributed by atoms with Crippen LogP contribution in [0.3, 0.4) is 0 Å². The molecule has 3 aromatic heterocycles. The van der Waals surface area contributed by atoms with E-state index in [1.807, 2.05) is 11.4 Å². The van der Waals surface area contributed by atoms with Crippen molar-refractivity contribution in [3.63, 3.8) is 0 Å². The van der Waals surface area contributed by atoms with E-state index in [9.17, 15) is 0 Å². The van der Waals surface area contributed by atoms with Gasteiger partial charge in [-0.1, -0.05) is 26.3 Å². The van der Waals surface area contributed by atoms with E-state index < -0.39 is 0 Å². The van der Waals surface area contributed by atoms with Crippen LogP contribution in [-0.4, -0.2) is 37.8 Å². The Labute approximate surface area is 165 Å². The summed E-state index contributed by atoms with van der Waals surface area (Å²) in [5, 5.41) is 7.93. The van der Waals surface area contributed by atoms with Gasteiger partial charge in [-0.25, -0.2) is 14.5 Å². The fourth-order valence-corrected chi connectivity index (χ4v) is 3.83. The van der Waals surface area contributed by atoms with Gasteiger partial charge in [-0.15, -0.1) is 0 Å². The lowest BCUT2D eigenvalue weighted by Gasteiger charge is -2.13. The third-order valence-electron chi connectivity index (χ3n) is 5.36. The van der Waals surface area contributed by atoms with E-state index in [4.69, 9.17) is 14.7 Å². The molecule has 1 saturated heterocycles. The van der Waals surface area contributed by atoms with Crippen LogP contribution in [0.25, 0.3) is 5.52 Å². The van der Waals surface area contributed by atoms with E-state index in [1.54, 1.807) is 6.33 Å². The molecule has 0 spiro atoms. The average molecular weight is 380 g/mol. The van der Waals surface area contributed by atoms with Crippen LogP contribution in [0.5, 0.6) is 0 Å². The second-order valence-electron chi connectivity index (χ2n) is 7.34. The molecule has 1 aliphatic rings. The van der Waals surface area contributed by atoms with Crippen LogP contribution in [0, 0.1) is 6.92 Å². The largest absolute Gasteiger partial charge is 0.381 e. The van der Waals surface area contributed by atoms with Crippen molar-refractivity contribution in [3.05, 3.63) is 46.9 Å². The Bertz CT molecular complexity index is 961. The standard InChI is InChI=1S/C21H28N6O/c1-4-6-18-15(7-8-17(5-2)26-18)11-22-21-20-19(16-9-10-28-12-16)25-14(3)27(20)24-13-23-21/h7-8,13,16H,4-6,9-12H2,1-3H3,(H,22,23,24)/t16-/m1/s1. The topological polar surface area (TPSA) is 77.2 Å². The molecule has 7 heteroatoms. The first-order chi connectivity index (χ1) is 13.7. The van der Waals surface area contributed by atoms with Gasteiger partial charge in [0.1, 0.15) is 17.7 Å². The number of hydrogen-bond donors (Lipinski definition) is 1. The summed E-state index contributed by atoms with van der Waals surface area (Å²) in [6.07, 6.45) is 5.60. The summed E-state index contributed by atoms with van der Waals surface area (Å²) in [5.41, 5.74) is 5.54. The molecule has 4 heterocycles. The van der Waals surface area contributed by atoms with Crippen LogP contribution < -0.4 is 5.32 Å². The van der Waals surface area contributed by atoms with Gasteiger partial charge in [0.25, 0.3) is 0 Å². The second kappa shape index (κ2) is 8.22. The molecule has 0 aromatic carbocycles. The van der Waals surface area contributed by atoms with E-state index >= 15 is 0 Å². The summed E-state index contributed by atoms with van der Waals surface area (Å²) in [5.74, 6) is 2.00. The van der Waals surface area contributed by atoms with Crippen molar-refractivity contribution in [1.29, 1.82) is 0 Å². The zero-order valence-electron chi connectivity index (χ0n) is 16.9. The molecule has 0 unspecified atom stereocenters. The number of nitrogens with one attached hydrogen (secondary N) is 1. The van der Waals surface area contributed by atoms with Gasteiger partial charge in [0.05, 0.1) is 12.3 Å². The number of pyridine rings is 1. The minimum atomic E-state index is 0.302. The molecule has 1 aliphatic heterocycles. The highest BCUT2D eigenvalue weighted by Gasteiger charge is 2.26. The normalized spacial score (nSPS) is 16.8. The molecule has 1 atom stereocenters. The van der Waals surface area contributed by atoms with Crippen LogP contribution in [0.2, 0.25) is 0 Å². The molecule has 1 fully saturated rings. The lowest BCUT2D eigenvalue weighted by molar-refractivity contribution is 0.193. The fraction of sp³-hybridized carbons (Fsp3) is 0.524. The fourth-order valence-electron chi connectivity index (χ4n) is 3.83. The molecule has 0 aliphatic carbocycles. The highest BCUT2D eigenvalue weighted by atomic mass is 16.5. The molecule has 4 rings (SSSR count). The Morgan fingerprint density at radius 1 is 1.25 bits per heavy atom. The minimum absolute atomic E-state index is 0.302. The quantitative estimate of drug-likeness (QED) is 0.676. The van der Waals surface area contributed by atoms with Gasteiger partial charge in [0.2, 0.25) is 0 Å². The van der Waals surface area contributed by atoms with Crippen LogP contribution >= 0.6 is 0 Å². The first kappa shape index (κ1) is 18.8. The number of imidazole rings is 1. The Balaban J connectivity index is 1.65. The number of aromatic nitrogens is 5. The predicted octanol–water partition coefficient (Wildman–Crippen LogP) is 3.46. The predicted molar refractivity (Wildman–Crippen MR) is 109 cm³/mol. The third kappa shape index (κ3) is 3.58. The lowest BCUT2D eigenvalue weighted by Crippen LogP contribution is -2.10. The van der Waals surface area contributed by atoms with Crippen LogP contribution in [0.4, 0.5) is 5.82 Å². The number of rotatable bonds is 7. The zero-order valence-corrected chi connectivity index (χ0v) is 16.9. The molecule has 1 N–H and O–H groups in total. The maximum absolute atomic E-state index is 5.58. The van der Waals surface area contributed by atoms with E-state index in [2.05, 4.69) is 41.4 Å². The summed E-state index contributed by atoms with van der Waals surface area (Å²) < 4.78 is 7.47. The van der Waals surface area contributed by atoms with Crippen LogP contribution in [0.1, 0.15) is 61.1 Å². The minimum Gasteiger partial charge on any atom is -0.381 e. The molecule has 148 valence electrons. The van der Waals surface area contributed by atoms with Gasteiger partial charge in [-0.05, 0) is 37.8 Å². The molecule has 0 radical (unpaired) electrons. The number of anilines is 1. The number of ether oxygens (including phenoxy) is 1. The van der Waals surface area contributed by atoms with Gasteiger partial charge in [0, 0.05) is 30.5 Å². The molecule has 0 amide bonds. The third-order valence-corrected chi connectivity index (χ3v) is 5.36. The summed E-state index contributed by atoms with van der Waals surface area (Å²) in [7, 11) is 0. The SMILES string of the molecule is CCCc1nc(CC)ccc1CNc1ncnn2c(C)nc([C@@H]3CCOC3)c12. The lowest BCUT2D eigenvalue weighted by atomic mass is 10.0. The van der Waals surface area contributed by atoms with E-state index in [0.29, 0.717) is 19.1 Å². The Morgan fingerprint density at radius 2 is 2.14 bits per heavy atom. The molecule has 7 nitrogen and oxygen atoms in total. The average Bonchev–Trinajstić information content (AvgIpc) is 3.36. The maximum atomic E-state index is 5.58. The number of aryl methyl sites for hydroxylation is 3. The monoisotopic (exact) mass is 380 g/mol. The van der Waals surface area contributed by atoms with Crippen molar-refractivity contribution >= 4 is 11.3 Å². The van der Waals surface area contributed by atoms with E-state index in [0.717, 1.165) is 60.8 Å². The van der Waals surface area contributed by atoms with E-state index in [1.165, 1.54) is 11.3 Å². The first-order valence-electron chi connectivity index (χ1n) is 10.2. The van der Waals surface area contributed by atoms with E-state index in [-0.39, 0.29) is 0 Å². The van der Waals surface area contributed by atoms with Gasteiger partial charge in [0.15, 0.2) is 5.82 Å². The van der Waals surface area contributed by atoms with Crippen molar-refractivity contribution in [2.24, 2.45) is 0 Å². The molecule has 0 saturated carbocycles. The Morgan fingerprint density at radius 3 is 2.89 bits per heavy atom. The molecule has 0 bridgehead atoms. The number of hydrogen-bond acceptors (Lipinski definition) is 6. The van der Waals surface area contributed by atoms with Crippen molar-refractivity contribution in [1.82, 2.24) is 24.6 Å². The van der Waals surface area contributed by atoms with Crippen molar-refractivity contribution in [3.8, 4) is 0 Å². The number of nitrogens with zero attached hydrogens (tertiary/aromatic N) is 5. The Kier molecular flexibility index (Phi) is 5.52. The van der Waals surface area contributed by atoms with Gasteiger partial charge < -0.3 is 10.1 Å². The number of fused-ring (bicyclic) bond motifs is 1. The van der Waals surface area contributed by atoms with Crippen LogP contribution in [-0.2, 0) is 24.1 Å². The molecular weight excluding hydrogens is 352 g/mol. The molecule has 3 aromatic rings. The van der Waals surface area contributed by atoms with Crippen molar-refractivity contribution < 1.29 is 4.74 Å². The smallest absolute Gasteiger partial charge is 0.156 e. The molecular formula is C21H28N6O. The highest BCUT2D eigenvalue weighted by molar-refractivity contribution is 5.71. The second-order valence-corrected chi connectivity index (χ2v) is 7.34. The van der Waals surface area contributed by atoms with Crippen molar-refractivity contribution in [2.75, 3.05) is 18.5 Å². The van der Waals surface area contributed by atoms with Gasteiger partial charge >= 0.3 is 0 Å². The summed E-state index contributed by atoms with van der Waals surface area (Å²) in [6, 6.07) is 4.31. The van der Waals surface area contributed by atoms with Gasteiger partial charge in [-0.3, -0.25) is 4.98 Å². The summed E-state index contributed by atoms with van der Waals surface area (Å²) in [6.45, 7) is 8.50. The van der Waals surface area contributed by atoms with Crippen LogP contribution in [0.15, 0.2) is 18.5 Å². The summed E-state index contributed by atoms with van der Waals surface area (Å²) in [4.78, 5) is 14.2. The van der Waals surface area contributed by atoms with Gasteiger partial charge in [-0.2, -0.15) is 5.10 Å². The zero-order chi connectivity index (χ0) is 19.5. The highest BCUT2D eigenvalue weighted by Crippen LogP contribution is 2.31. The summed E-state index contributed by atoms with van der Waals surface area (Å²) >= 11 is 0. The molecule has 28 heavy (non-hydrogen) atoms. The maximum Gasteiger partial charge on any atom is 0.156 e. The first-order valence-corrected chi connectivity index (χ1v) is 10.2.